The third-order valence-electron chi connectivity index (χ3n) is 4.46. The van der Waals surface area contributed by atoms with Crippen LogP contribution < -0.4 is 5.32 Å². The summed E-state index contributed by atoms with van der Waals surface area (Å²) in [5.41, 5.74) is 0.777. The van der Waals surface area contributed by atoms with Gasteiger partial charge in [0.25, 0.3) is 10.0 Å². The van der Waals surface area contributed by atoms with E-state index in [0.717, 1.165) is 16.9 Å². The van der Waals surface area contributed by atoms with E-state index in [1.165, 1.54) is 10.4 Å². The van der Waals surface area contributed by atoms with Crippen LogP contribution in [0.3, 0.4) is 0 Å². The van der Waals surface area contributed by atoms with E-state index in [2.05, 4.69) is 5.32 Å². The number of sulfonamides is 1. The van der Waals surface area contributed by atoms with Crippen LogP contribution in [-0.2, 0) is 26.0 Å². The van der Waals surface area contributed by atoms with Crippen LogP contribution in [0.2, 0.25) is 0 Å². The number of carbonyl (C=O) groups excluding carboxylic acids is 1. The Labute approximate surface area is 161 Å². The number of carbonyl (C=O) groups is 2. The van der Waals surface area contributed by atoms with Crippen molar-refractivity contribution in [2.45, 2.75) is 35.6 Å². The molecule has 2 aromatic rings. The summed E-state index contributed by atoms with van der Waals surface area (Å²) in [7, 11) is -3.76. The number of aliphatic carboxylic acids is 1. The number of carboxylic acid groups (broad SMARTS) is 1. The van der Waals surface area contributed by atoms with Crippen molar-refractivity contribution >= 4 is 33.2 Å². The molecular weight excluding hydrogens is 388 g/mol. The molecule has 2 atom stereocenters. The van der Waals surface area contributed by atoms with Gasteiger partial charge in [-0.05, 0) is 29.9 Å². The third-order valence-corrected chi connectivity index (χ3v) is 7.74. The third kappa shape index (κ3) is 4.37. The molecule has 0 spiro atoms. The van der Waals surface area contributed by atoms with Crippen molar-refractivity contribution in [1.29, 1.82) is 0 Å². The average molecular weight is 409 g/mol. The Kier molecular flexibility index (Phi) is 5.93. The smallest absolute Gasteiger partial charge is 0.326 e. The number of amides is 1. The van der Waals surface area contributed by atoms with Crippen LogP contribution in [0.1, 0.15) is 18.4 Å². The molecular formula is C18H20N2O5S2. The maximum Gasteiger partial charge on any atom is 0.326 e. The Bertz CT molecular complexity index is 897. The summed E-state index contributed by atoms with van der Waals surface area (Å²) in [5.74, 6) is -1.73. The van der Waals surface area contributed by atoms with Crippen LogP contribution in [0, 0.1) is 0 Å². The predicted molar refractivity (Wildman–Crippen MR) is 101 cm³/mol. The van der Waals surface area contributed by atoms with Crippen molar-refractivity contribution in [1.82, 2.24) is 9.62 Å². The fourth-order valence-corrected chi connectivity index (χ4v) is 5.91. The van der Waals surface area contributed by atoms with Gasteiger partial charge in [0, 0.05) is 13.0 Å². The van der Waals surface area contributed by atoms with E-state index in [1.54, 1.807) is 35.7 Å². The summed E-state index contributed by atoms with van der Waals surface area (Å²) >= 11 is 1.10. The lowest BCUT2D eigenvalue weighted by Gasteiger charge is -2.24. The zero-order chi connectivity index (χ0) is 19.4. The average Bonchev–Trinajstić information content (AvgIpc) is 3.34. The van der Waals surface area contributed by atoms with Crippen molar-refractivity contribution in [3.05, 3.63) is 53.4 Å². The quantitative estimate of drug-likeness (QED) is 0.726. The first kappa shape index (κ1) is 19.5. The molecule has 0 saturated carbocycles. The number of rotatable bonds is 7. The maximum absolute atomic E-state index is 12.8. The van der Waals surface area contributed by atoms with Gasteiger partial charge < -0.3 is 10.4 Å². The van der Waals surface area contributed by atoms with Gasteiger partial charge in [-0.2, -0.15) is 4.31 Å². The second-order valence-electron chi connectivity index (χ2n) is 6.30. The minimum absolute atomic E-state index is 0.131. The molecule has 2 N–H and O–H groups in total. The van der Waals surface area contributed by atoms with E-state index in [1.807, 2.05) is 6.07 Å². The Morgan fingerprint density at radius 3 is 2.59 bits per heavy atom. The van der Waals surface area contributed by atoms with Gasteiger partial charge in [-0.1, -0.05) is 36.4 Å². The normalized spacial score (nSPS) is 18.9. The minimum Gasteiger partial charge on any atom is -0.480 e. The number of thiophene rings is 1. The summed E-state index contributed by atoms with van der Waals surface area (Å²) in [6, 6.07) is 10.1. The lowest BCUT2D eigenvalue weighted by Crippen LogP contribution is -2.51. The number of hydrogen-bond acceptors (Lipinski definition) is 5. The highest BCUT2D eigenvalue weighted by atomic mass is 32.2. The fourth-order valence-electron chi connectivity index (χ4n) is 3.13. The van der Waals surface area contributed by atoms with Crippen LogP contribution >= 0.6 is 11.3 Å². The molecule has 0 radical (unpaired) electrons. The first-order valence-corrected chi connectivity index (χ1v) is 10.8. The number of nitrogens with one attached hydrogen (secondary N) is 1. The number of carboxylic acids is 1. The molecule has 3 rings (SSSR count). The molecule has 7 nitrogen and oxygen atoms in total. The van der Waals surface area contributed by atoms with Gasteiger partial charge in [0.2, 0.25) is 5.91 Å². The molecule has 1 aromatic carbocycles. The molecule has 0 bridgehead atoms. The molecule has 1 saturated heterocycles. The molecule has 144 valence electrons. The molecule has 1 aliphatic heterocycles. The van der Waals surface area contributed by atoms with Crippen LogP contribution in [0.5, 0.6) is 0 Å². The molecule has 1 aliphatic rings. The van der Waals surface area contributed by atoms with E-state index in [4.69, 9.17) is 0 Å². The van der Waals surface area contributed by atoms with Crippen molar-refractivity contribution in [3.63, 3.8) is 0 Å². The van der Waals surface area contributed by atoms with Crippen LogP contribution in [0.4, 0.5) is 0 Å². The van der Waals surface area contributed by atoms with Gasteiger partial charge in [0.05, 0.1) is 0 Å². The summed E-state index contributed by atoms with van der Waals surface area (Å²) in [5, 5.41) is 13.6. The maximum atomic E-state index is 12.8. The van der Waals surface area contributed by atoms with Crippen LogP contribution in [-0.4, -0.2) is 48.3 Å². The summed E-state index contributed by atoms with van der Waals surface area (Å²) in [4.78, 5) is 24.3. The van der Waals surface area contributed by atoms with Gasteiger partial charge in [-0.15, -0.1) is 11.3 Å². The van der Waals surface area contributed by atoms with Gasteiger partial charge in [-0.25, -0.2) is 13.2 Å². The Morgan fingerprint density at radius 2 is 1.96 bits per heavy atom. The highest BCUT2D eigenvalue weighted by molar-refractivity contribution is 7.91. The second kappa shape index (κ2) is 8.20. The van der Waals surface area contributed by atoms with Gasteiger partial charge >= 0.3 is 5.97 Å². The van der Waals surface area contributed by atoms with Crippen LogP contribution in [0.15, 0.2) is 52.1 Å². The van der Waals surface area contributed by atoms with Crippen molar-refractivity contribution in [2.75, 3.05) is 6.54 Å². The molecule has 1 amide bonds. The molecule has 1 aromatic heterocycles. The predicted octanol–water partition coefficient (Wildman–Crippen LogP) is 1.71. The van der Waals surface area contributed by atoms with Gasteiger partial charge in [0.1, 0.15) is 16.3 Å². The van der Waals surface area contributed by atoms with E-state index in [0.29, 0.717) is 12.8 Å². The molecule has 2 heterocycles. The monoisotopic (exact) mass is 408 g/mol. The van der Waals surface area contributed by atoms with Crippen molar-refractivity contribution in [2.24, 2.45) is 0 Å². The molecule has 0 aliphatic carbocycles. The summed E-state index contributed by atoms with van der Waals surface area (Å²) < 4.78 is 26.9. The summed E-state index contributed by atoms with van der Waals surface area (Å²) in [6.45, 7) is 0.245. The Hall–Kier alpha value is -2.23. The van der Waals surface area contributed by atoms with E-state index < -0.39 is 34.0 Å². The zero-order valence-corrected chi connectivity index (χ0v) is 16.1. The Morgan fingerprint density at radius 1 is 1.22 bits per heavy atom. The van der Waals surface area contributed by atoms with Gasteiger partial charge in [0.15, 0.2) is 0 Å². The Balaban J connectivity index is 1.74. The number of nitrogens with zero attached hydrogens (tertiary/aromatic N) is 1. The first-order chi connectivity index (χ1) is 12.9. The van der Waals surface area contributed by atoms with E-state index in [-0.39, 0.29) is 17.2 Å². The minimum atomic E-state index is -3.76. The highest BCUT2D eigenvalue weighted by Crippen LogP contribution is 2.28. The van der Waals surface area contributed by atoms with Gasteiger partial charge in [-0.3, -0.25) is 4.79 Å². The second-order valence-corrected chi connectivity index (χ2v) is 9.36. The molecule has 1 fully saturated rings. The largest absolute Gasteiger partial charge is 0.480 e. The fraction of sp³-hybridized carbons (Fsp3) is 0.333. The molecule has 0 unspecified atom stereocenters. The summed E-state index contributed by atoms with van der Waals surface area (Å²) in [6.07, 6.45) is 1.06. The van der Waals surface area contributed by atoms with Crippen molar-refractivity contribution in [3.8, 4) is 0 Å². The lowest BCUT2D eigenvalue weighted by molar-refractivity contribution is -0.142. The molecule has 9 heteroatoms. The SMILES string of the molecule is O=C(O)[C@H](Cc1ccccc1)NC(=O)[C@@H]1CCCN1S(=O)(=O)c1cccs1. The standard InChI is InChI=1S/C18H20N2O5S2/c21-17(19-14(18(22)23)12-13-6-2-1-3-7-13)15-8-4-10-20(15)27(24,25)16-9-5-11-26-16/h1-3,5-7,9,11,14-15H,4,8,10,12H2,(H,19,21)(H,22,23)/t14-,15-/m0/s1. The topological polar surface area (TPSA) is 104 Å². The van der Waals surface area contributed by atoms with E-state index >= 15 is 0 Å². The first-order valence-electron chi connectivity index (χ1n) is 8.52. The van der Waals surface area contributed by atoms with Crippen molar-refractivity contribution < 1.29 is 23.1 Å². The van der Waals surface area contributed by atoms with Crippen LogP contribution in [0.25, 0.3) is 0 Å². The molecule has 27 heavy (non-hydrogen) atoms. The van der Waals surface area contributed by atoms with E-state index in [9.17, 15) is 23.1 Å². The number of benzene rings is 1. The lowest BCUT2D eigenvalue weighted by atomic mass is 10.1. The zero-order valence-electron chi connectivity index (χ0n) is 14.4. The number of hydrogen-bond donors (Lipinski definition) is 2. The highest BCUT2D eigenvalue weighted by Gasteiger charge is 2.40.